The highest BCUT2D eigenvalue weighted by Crippen LogP contribution is 2.30. The Bertz CT molecular complexity index is 1370. The van der Waals surface area contributed by atoms with E-state index in [2.05, 4.69) is 5.10 Å². The molecular formula is C26H20F2N2O5. The van der Waals surface area contributed by atoms with Crippen LogP contribution in [0.25, 0.3) is 16.9 Å². The zero-order valence-electron chi connectivity index (χ0n) is 18.8. The van der Waals surface area contributed by atoms with Gasteiger partial charge in [-0.1, -0.05) is 42.5 Å². The molecule has 0 N–H and O–H groups in total. The molecule has 0 bridgehead atoms. The first-order chi connectivity index (χ1) is 16.9. The predicted molar refractivity (Wildman–Crippen MR) is 122 cm³/mol. The number of nitrogens with zero attached hydrogens (tertiary/aromatic N) is 2. The van der Waals surface area contributed by atoms with E-state index in [4.69, 9.17) is 14.2 Å². The van der Waals surface area contributed by atoms with Crippen molar-refractivity contribution in [2.24, 2.45) is 0 Å². The monoisotopic (exact) mass is 478 g/mol. The number of carbonyl (C=O) groups is 2. The van der Waals surface area contributed by atoms with Crippen molar-refractivity contribution in [3.8, 4) is 22.7 Å². The van der Waals surface area contributed by atoms with Gasteiger partial charge in [0.1, 0.15) is 23.7 Å². The molecule has 0 saturated heterocycles. The van der Waals surface area contributed by atoms with E-state index in [1.165, 1.54) is 18.9 Å². The molecule has 4 rings (SSSR count). The minimum absolute atomic E-state index is 0.0175. The minimum atomic E-state index is -0.754. The molecule has 0 spiro atoms. The van der Waals surface area contributed by atoms with Gasteiger partial charge in [0, 0.05) is 11.6 Å². The smallest absolute Gasteiger partial charge is 0.357 e. The van der Waals surface area contributed by atoms with Gasteiger partial charge in [0.15, 0.2) is 17.3 Å². The van der Waals surface area contributed by atoms with Crippen LogP contribution in [-0.4, -0.2) is 35.9 Å². The number of methoxy groups -OCH3 is 2. The van der Waals surface area contributed by atoms with Crippen molar-refractivity contribution in [1.82, 2.24) is 9.78 Å². The summed E-state index contributed by atoms with van der Waals surface area (Å²) in [6.07, 6.45) is 0. The maximum absolute atomic E-state index is 13.8. The number of esters is 2. The second kappa shape index (κ2) is 10.2. The molecule has 7 nitrogen and oxygen atoms in total. The lowest BCUT2D eigenvalue weighted by Gasteiger charge is -2.08. The second-order valence-electron chi connectivity index (χ2n) is 7.36. The Morgan fingerprint density at radius 3 is 2.23 bits per heavy atom. The van der Waals surface area contributed by atoms with Crippen molar-refractivity contribution in [3.63, 3.8) is 0 Å². The summed E-state index contributed by atoms with van der Waals surface area (Å²) in [7, 11) is 2.42. The first-order valence-electron chi connectivity index (χ1n) is 10.4. The molecule has 9 heteroatoms. The summed E-state index contributed by atoms with van der Waals surface area (Å²) in [5, 5.41) is 4.53. The van der Waals surface area contributed by atoms with Crippen molar-refractivity contribution in [2.75, 3.05) is 14.2 Å². The van der Waals surface area contributed by atoms with Gasteiger partial charge < -0.3 is 14.2 Å². The molecule has 0 aliphatic carbocycles. The van der Waals surface area contributed by atoms with Crippen molar-refractivity contribution in [3.05, 3.63) is 101 Å². The summed E-state index contributed by atoms with van der Waals surface area (Å²) in [5.74, 6) is -2.99. The van der Waals surface area contributed by atoms with Gasteiger partial charge in [-0.15, -0.1) is 0 Å². The van der Waals surface area contributed by atoms with Crippen LogP contribution >= 0.6 is 0 Å². The van der Waals surface area contributed by atoms with E-state index in [9.17, 15) is 18.4 Å². The molecule has 0 amide bonds. The number of aromatic nitrogens is 2. The number of benzene rings is 3. The number of para-hydroxylation sites is 1. The second-order valence-corrected chi connectivity index (χ2v) is 7.36. The molecule has 0 aliphatic heterocycles. The van der Waals surface area contributed by atoms with Crippen LogP contribution in [0.3, 0.4) is 0 Å². The lowest BCUT2D eigenvalue weighted by atomic mass is 10.0. The van der Waals surface area contributed by atoms with Gasteiger partial charge >= 0.3 is 11.9 Å². The van der Waals surface area contributed by atoms with Crippen molar-refractivity contribution in [1.29, 1.82) is 0 Å². The molecule has 35 heavy (non-hydrogen) atoms. The molecule has 3 aromatic carbocycles. The minimum Gasteiger partial charge on any atom is -0.486 e. The number of halogens is 2. The summed E-state index contributed by atoms with van der Waals surface area (Å²) in [4.78, 5) is 25.4. The average Bonchev–Trinajstić information content (AvgIpc) is 3.30. The van der Waals surface area contributed by atoms with Crippen LogP contribution in [0, 0.1) is 11.6 Å². The third-order valence-corrected chi connectivity index (χ3v) is 5.17. The summed E-state index contributed by atoms with van der Waals surface area (Å²) in [5.41, 5.74) is 1.82. The highest BCUT2D eigenvalue weighted by atomic mass is 19.1. The molecule has 178 valence electrons. The third-order valence-electron chi connectivity index (χ3n) is 5.17. The zero-order chi connectivity index (χ0) is 24.9. The van der Waals surface area contributed by atoms with Crippen LogP contribution in [0.2, 0.25) is 0 Å². The molecule has 0 aliphatic rings. The highest BCUT2D eigenvalue weighted by molar-refractivity contribution is 6.06. The Morgan fingerprint density at radius 1 is 0.886 bits per heavy atom. The molecule has 0 radical (unpaired) electrons. The van der Waals surface area contributed by atoms with E-state index in [-0.39, 0.29) is 29.3 Å². The largest absolute Gasteiger partial charge is 0.486 e. The van der Waals surface area contributed by atoms with E-state index in [0.717, 1.165) is 18.2 Å². The van der Waals surface area contributed by atoms with Crippen molar-refractivity contribution in [2.45, 2.75) is 6.61 Å². The van der Waals surface area contributed by atoms with Crippen molar-refractivity contribution >= 4 is 11.9 Å². The van der Waals surface area contributed by atoms with Crippen LogP contribution in [0.1, 0.15) is 26.4 Å². The van der Waals surface area contributed by atoms with Crippen LogP contribution in [-0.2, 0) is 16.1 Å². The molecule has 0 saturated carbocycles. The first-order valence-corrected chi connectivity index (χ1v) is 10.4. The van der Waals surface area contributed by atoms with E-state index in [0.29, 0.717) is 16.8 Å². The Morgan fingerprint density at radius 2 is 1.57 bits per heavy atom. The summed E-state index contributed by atoms with van der Waals surface area (Å²) < 4.78 is 43.7. The quantitative estimate of drug-likeness (QED) is 0.349. The predicted octanol–water partition coefficient (Wildman–Crippen LogP) is 4.97. The van der Waals surface area contributed by atoms with E-state index in [1.54, 1.807) is 48.5 Å². The van der Waals surface area contributed by atoms with Gasteiger partial charge in [-0.05, 0) is 29.8 Å². The fourth-order valence-electron chi connectivity index (χ4n) is 3.46. The fourth-order valence-corrected chi connectivity index (χ4v) is 3.46. The van der Waals surface area contributed by atoms with Crippen LogP contribution in [0.5, 0.6) is 5.75 Å². The molecule has 0 fully saturated rings. The molecule has 0 unspecified atom stereocenters. The number of hydrogen-bond donors (Lipinski definition) is 0. The van der Waals surface area contributed by atoms with Gasteiger partial charge in [0.05, 0.1) is 19.9 Å². The lowest BCUT2D eigenvalue weighted by molar-refractivity contribution is 0.0549. The molecule has 4 aromatic rings. The standard InChI is InChI=1S/C26H20F2N2O5/c1-33-25(31)22-23(29-30(24(22)26(32)34-2)19-6-4-3-5-7-19)17-10-8-16(9-11-17)15-35-21-14-18(27)12-13-20(21)28/h3-14H,15H2,1-2H3. The van der Waals surface area contributed by atoms with Crippen molar-refractivity contribution < 1.29 is 32.6 Å². The Labute approximate surface area is 199 Å². The highest BCUT2D eigenvalue weighted by Gasteiger charge is 2.31. The Balaban J connectivity index is 1.72. The summed E-state index contributed by atoms with van der Waals surface area (Å²) in [6.45, 7) is -0.0175. The topological polar surface area (TPSA) is 79.7 Å². The van der Waals surface area contributed by atoms with Crippen LogP contribution in [0.15, 0.2) is 72.8 Å². The van der Waals surface area contributed by atoms with E-state index >= 15 is 0 Å². The number of hydrogen-bond acceptors (Lipinski definition) is 6. The van der Waals surface area contributed by atoms with Gasteiger partial charge in [0.25, 0.3) is 0 Å². The summed E-state index contributed by atoms with van der Waals surface area (Å²) >= 11 is 0. The Hall–Kier alpha value is -4.53. The maximum atomic E-state index is 13.8. The SMILES string of the molecule is COC(=O)c1c(-c2ccc(COc3cc(F)ccc3F)cc2)nn(-c2ccccc2)c1C(=O)OC. The maximum Gasteiger partial charge on any atom is 0.357 e. The number of ether oxygens (including phenoxy) is 3. The number of carbonyl (C=O) groups excluding carboxylic acids is 2. The van der Waals surface area contributed by atoms with Gasteiger partial charge in [-0.25, -0.2) is 23.1 Å². The summed E-state index contributed by atoms with van der Waals surface area (Å²) in [6, 6.07) is 18.5. The normalized spacial score (nSPS) is 10.6. The van der Waals surface area contributed by atoms with E-state index < -0.39 is 23.6 Å². The average molecular weight is 478 g/mol. The Kier molecular flexibility index (Phi) is 6.86. The van der Waals surface area contributed by atoms with Gasteiger partial charge in [-0.3, -0.25) is 0 Å². The van der Waals surface area contributed by atoms with Crippen LogP contribution in [0.4, 0.5) is 8.78 Å². The lowest BCUT2D eigenvalue weighted by Crippen LogP contribution is -2.15. The van der Waals surface area contributed by atoms with E-state index in [1.807, 2.05) is 6.07 Å². The molecule has 1 heterocycles. The number of rotatable bonds is 7. The molecular weight excluding hydrogens is 458 g/mol. The molecule has 0 atom stereocenters. The fraction of sp³-hybridized carbons (Fsp3) is 0.115. The zero-order valence-corrected chi connectivity index (χ0v) is 18.8. The first kappa shape index (κ1) is 23.6. The van der Waals surface area contributed by atoms with Gasteiger partial charge in [-0.2, -0.15) is 5.10 Å². The third kappa shape index (κ3) is 4.89. The molecule has 1 aromatic heterocycles. The van der Waals surface area contributed by atoms with Gasteiger partial charge in [0.2, 0.25) is 0 Å². The van der Waals surface area contributed by atoms with Crippen LogP contribution < -0.4 is 4.74 Å².